The van der Waals surface area contributed by atoms with Gasteiger partial charge in [0, 0.05) is 51.6 Å². The molecule has 41 heavy (non-hydrogen) atoms. The first-order chi connectivity index (χ1) is 19.9. The number of rotatable bonds is 9. The molecular formula is C28H36N10O3. The highest BCUT2D eigenvalue weighted by Crippen LogP contribution is 2.34. The molecule has 6 heterocycles. The largest absolute Gasteiger partial charge is 0.493 e. The number of aromatic hydroxyl groups is 1. The highest BCUT2D eigenvalue weighted by Gasteiger charge is 2.35. The monoisotopic (exact) mass is 560 g/mol. The molecule has 216 valence electrons. The Morgan fingerprint density at radius 3 is 2.73 bits per heavy atom. The lowest BCUT2D eigenvalue weighted by molar-refractivity contribution is -0.117. The SMILES string of the molecule is C[C@@H](CCO)n1nc(N2CC(CN3CCCCC3)CC2=O)c2cnc(Nc3ccnc(-c4cnn(C)c4O)n3)cc21. The second-order valence-electron chi connectivity index (χ2n) is 11.0. The molecule has 2 aliphatic rings. The van der Waals surface area contributed by atoms with Crippen LogP contribution in [0.25, 0.3) is 22.3 Å². The smallest absolute Gasteiger partial charge is 0.228 e. The Hall–Kier alpha value is -4.10. The van der Waals surface area contributed by atoms with Crippen LogP contribution >= 0.6 is 0 Å². The second kappa shape index (κ2) is 11.4. The molecule has 2 saturated heterocycles. The molecule has 0 aromatic carbocycles. The number of hydrogen-bond acceptors (Lipinski definition) is 10. The summed E-state index contributed by atoms with van der Waals surface area (Å²) in [6.07, 6.45) is 9.64. The zero-order valence-electron chi connectivity index (χ0n) is 23.4. The van der Waals surface area contributed by atoms with Crippen molar-refractivity contribution in [3.63, 3.8) is 0 Å². The van der Waals surface area contributed by atoms with Gasteiger partial charge >= 0.3 is 0 Å². The standard InChI is InChI=1S/C28H36N10O3/c1-18(7-11-39)38-22-13-24(32-23-6-8-29-26(33-23)21-15-31-35(2)28(21)41)30-14-20(22)27(34-38)37-17-19(12-25(37)40)16-36-9-4-3-5-10-36/h6,8,13-15,18-19,39,41H,3-5,7,9-12,16-17H2,1-2H3,(H,29,30,32,33)/t18-,19?/m0/s1. The van der Waals surface area contributed by atoms with Crippen LogP contribution in [0.15, 0.2) is 30.7 Å². The van der Waals surface area contributed by atoms with E-state index >= 15 is 0 Å². The van der Waals surface area contributed by atoms with Crippen molar-refractivity contribution in [1.82, 2.24) is 39.4 Å². The van der Waals surface area contributed by atoms with E-state index in [0.717, 1.165) is 30.5 Å². The molecule has 4 aromatic heterocycles. The van der Waals surface area contributed by atoms with Gasteiger partial charge in [-0.15, -0.1) is 0 Å². The van der Waals surface area contributed by atoms with E-state index in [1.165, 1.54) is 30.1 Å². The van der Waals surface area contributed by atoms with Gasteiger partial charge in [-0.05, 0) is 51.3 Å². The Morgan fingerprint density at radius 2 is 1.98 bits per heavy atom. The van der Waals surface area contributed by atoms with Gasteiger partial charge in [0.2, 0.25) is 11.8 Å². The van der Waals surface area contributed by atoms with Crippen molar-refractivity contribution in [2.75, 3.05) is 43.0 Å². The van der Waals surface area contributed by atoms with E-state index in [0.29, 0.717) is 48.2 Å². The molecule has 13 heteroatoms. The number of aliphatic hydroxyl groups is 1. The second-order valence-corrected chi connectivity index (χ2v) is 11.0. The summed E-state index contributed by atoms with van der Waals surface area (Å²) in [6, 6.07) is 3.51. The molecule has 0 saturated carbocycles. The van der Waals surface area contributed by atoms with Gasteiger partial charge in [-0.25, -0.2) is 19.6 Å². The van der Waals surface area contributed by atoms with E-state index < -0.39 is 0 Å². The predicted octanol–water partition coefficient (Wildman–Crippen LogP) is 2.85. The topological polar surface area (TPSA) is 150 Å². The van der Waals surface area contributed by atoms with Crippen LogP contribution in [0.5, 0.6) is 5.88 Å². The fourth-order valence-corrected chi connectivity index (χ4v) is 5.82. The van der Waals surface area contributed by atoms with E-state index in [-0.39, 0.29) is 30.4 Å². The Morgan fingerprint density at radius 1 is 1.15 bits per heavy atom. The number of fused-ring (bicyclic) bond motifs is 1. The molecule has 0 aliphatic carbocycles. The highest BCUT2D eigenvalue weighted by atomic mass is 16.3. The first-order valence-corrected chi connectivity index (χ1v) is 14.2. The van der Waals surface area contributed by atoms with Gasteiger partial charge in [-0.1, -0.05) is 6.42 Å². The van der Waals surface area contributed by atoms with E-state index in [4.69, 9.17) is 5.10 Å². The third-order valence-electron chi connectivity index (χ3n) is 8.02. The molecule has 4 aromatic rings. The van der Waals surface area contributed by atoms with E-state index in [1.54, 1.807) is 25.5 Å². The number of carbonyl (C=O) groups is 1. The lowest BCUT2D eigenvalue weighted by Gasteiger charge is -2.28. The number of nitrogens with zero attached hydrogens (tertiary/aromatic N) is 9. The number of amides is 1. The third-order valence-corrected chi connectivity index (χ3v) is 8.02. The molecule has 1 amide bonds. The molecule has 6 rings (SSSR count). The average molecular weight is 561 g/mol. The number of hydrogen-bond donors (Lipinski definition) is 3. The minimum atomic E-state index is -0.0902. The van der Waals surface area contributed by atoms with Gasteiger partial charge in [-0.2, -0.15) is 10.2 Å². The van der Waals surface area contributed by atoms with E-state index in [1.807, 2.05) is 22.6 Å². The number of aliphatic hydroxyl groups excluding tert-OH is 1. The first kappa shape index (κ1) is 27.1. The summed E-state index contributed by atoms with van der Waals surface area (Å²) in [5, 5.41) is 32.9. The molecule has 2 aliphatic heterocycles. The maximum atomic E-state index is 13.2. The van der Waals surface area contributed by atoms with Crippen LogP contribution in [0, 0.1) is 5.92 Å². The minimum absolute atomic E-state index is 0.0226. The Labute approximate surface area is 237 Å². The molecule has 3 N–H and O–H groups in total. The fourth-order valence-electron chi connectivity index (χ4n) is 5.82. The average Bonchev–Trinajstić information content (AvgIpc) is 3.63. The third kappa shape index (κ3) is 5.46. The van der Waals surface area contributed by atoms with Gasteiger partial charge in [0.25, 0.3) is 0 Å². The number of aromatic nitrogens is 7. The molecule has 2 fully saturated rings. The van der Waals surface area contributed by atoms with Crippen LogP contribution in [0.3, 0.4) is 0 Å². The van der Waals surface area contributed by atoms with Crippen molar-refractivity contribution >= 4 is 34.3 Å². The van der Waals surface area contributed by atoms with Gasteiger partial charge in [0.15, 0.2) is 11.6 Å². The first-order valence-electron chi connectivity index (χ1n) is 14.2. The van der Waals surface area contributed by atoms with Crippen LogP contribution in [0.4, 0.5) is 17.5 Å². The van der Waals surface area contributed by atoms with Gasteiger partial charge in [0.05, 0.1) is 23.1 Å². The lowest BCUT2D eigenvalue weighted by Crippen LogP contribution is -2.35. The maximum Gasteiger partial charge on any atom is 0.228 e. The normalized spacial score (nSPS) is 18.9. The minimum Gasteiger partial charge on any atom is -0.493 e. The zero-order chi connectivity index (χ0) is 28.5. The van der Waals surface area contributed by atoms with E-state index in [9.17, 15) is 15.0 Å². The molecular weight excluding hydrogens is 524 g/mol. The quantitative estimate of drug-likeness (QED) is 0.279. The molecule has 1 unspecified atom stereocenters. The summed E-state index contributed by atoms with van der Waals surface area (Å²) >= 11 is 0. The number of pyridine rings is 1. The summed E-state index contributed by atoms with van der Waals surface area (Å²) in [6.45, 7) is 5.82. The highest BCUT2D eigenvalue weighted by molar-refractivity contribution is 6.03. The van der Waals surface area contributed by atoms with Crippen LogP contribution in [-0.4, -0.2) is 88.3 Å². The number of nitrogens with one attached hydrogen (secondary N) is 1. The van der Waals surface area contributed by atoms with Crippen LogP contribution in [-0.2, 0) is 11.8 Å². The number of aryl methyl sites for hydroxylation is 1. The van der Waals surface area contributed by atoms with Crippen LogP contribution in [0.1, 0.15) is 45.1 Å². The van der Waals surface area contributed by atoms with Crippen molar-refractivity contribution in [1.29, 1.82) is 0 Å². The Balaban J connectivity index is 1.28. The maximum absolute atomic E-state index is 13.2. The van der Waals surface area contributed by atoms with Crippen molar-refractivity contribution in [2.45, 2.75) is 45.1 Å². The van der Waals surface area contributed by atoms with Gasteiger partial charge < -0.3 is 20.4 Å². The summed E-state index contributed by atoms with van der Waals surface area (Å²) in [7, 11) is 1.64. The summed E-state index contributed by atoms with van der Waals surface area (Å²) in [5.74, 6) is 2.32. The zero-order valence-corrected chi connectivity index (χ0v) is 23.4. The summed E-state index contributed by atoms with van der Waals surface area (Å²) in [5.41, 5.74) is 1.24. The number of piperidine rings is 1. The van der Waals surface area contributed by atoms with Crippen molar-refractivity contribution < 1.29 is 15.0 Å². The molecule has 13 nitrogen and oxygen atoms in total. The van der Waals surface area contributed by atoms with Crippen molar-refractivity contribution in [3.8, 4) is 17.3 Å². The van der Waals surface area contributed by atoms with Gasteiger partial charge in [0.1, 0.15) is 17.2 Å². The van der Waals surface area contributed by atoms with Gasteiger partial charge in [-0.3, -0.25) is 14.4 Å². The van der Waals surface area contributed by atoms with Crippen molar-refractivity contribution in [2.24, 2.45) is 13.0 Å². The molecule has 0 radical (unpaired) electrons. The number of carbonyl (C=O) groups excluding carboxylic acids is 1. The molecule has 0 spiro atoms. The number of anilines is 3. The summed E-state index contributed by atoms with van der Waals surface area (Å²) < 4.78 is 3.22. The van der Waals surface area contributed by atoms with Crippen molar-refractivity contribution in [3.05, 3.63) is 30.7 Å². The Bertz CT molecular complexity index is 1540. The predicted molar refractivity (Wildman–Crippen MR) is 154 cm³/mol. The lowest BCUT2D eigenvalue weighted by atomic mass is 10.1. The molecule has 2 atom stereocenters. The van der Waals surface area contributed by atoms with E-state index in [2.05, 4.69) is 30.3 Å². The van der Waals surface area contributed by atoms with Crippen LogP contribution in [0.2, 0.25) is 0 Å². The fraction of sp³-hybridized carbons (Fsp3) is 0.500. The molecule has 0 bridgehead atoms. The Kier molecular flexibility index (Phi) is 7.54. The number of likely N-dealkylation sites (tertiary alicyclic amines) is 1. The van der Waals surface area contributed by atoms with Crippen LogP contribution < -0.4 is 10.2 Å². The summed E-state index contributed by atoms with van der Waals surface area (Å²) in [4.78, 5) is 30.9.